The Bertz CT molecular complexity index is 789. The van der Waals surface area contributed by atoms with Crippen LogP contribution in [0.5, 0.6) is 0 Å². The summed E-state index contributed by atoms with van der Waals surface area (Å²) < 4.78 is 51.5. The maximum atomic E-state index is 13.4. The summed E-state index contributed by atoms with van der Waals surface area (Å²) in [6, 6.07) is 2.94. The monoisotopic (exact) mass is 431 g/mol. The molecule has 0 aromatic heterocycles. The van der Waals surface area contributed by atoms with Crippen molar-refractivity contribution in [2.24, 2.45) is 5.92 Å². The third-order valence-corrected chi connectivity index (χ3v) is 6.27. The molecule has 1 amide bonds. The molecule has 0 aliphatic carbocycles. The lowest BCUT2D eigenvalue weighted by Crippen LogP contribution is -2.36. The molecule has 0 spiro atoms. The summed E-state index contributed by atoms with van der Waals surface area (Å²) >= 11 is 0. The van der Waals surface area contributed by atoms with Crippen molar-refractivity contribution in [1.82, 2.24) is 10.2 Å². The number of nitrogens with one attached hydrogen (secondary N) is 1. The number of hydrogen-bond donors (Lipinski definition) is 1. The third kappa shape index (κ3) is 7.89. The van der Waals surface area contributed by atoms with Crippen LogP contribution in [0.1, 0.15) is 39.0 Å². The van der Waals surface area contributed by atoms with Crippen molar-refractivity contribution >= 4 is 21.6 Å². The van der Waals surface area contributed by atoms with Gasteiger partial charge in [0.15, 0.2) is 11.6 Å². The molecule has 1 aliphatic rings. The summed E-state index contributed by atoms with van der Waals surface area (Å²) in [6.45, 7) is 6.05. The first-order valence-electron chi connectivity index (χ1n) is 10.1. The minimum atomic E-state index is -3.68. The first kappa shape index (κ1) is 23.5. The van der Waals surface area contributed by atoms with E-state index in [-0.39, 0.29) is 31.0 Å². The molecule has 0 saturated carbocycles. The summed E-state index contributed by atoms with van der Waals surface area (Å²) in [4.78, 5) is 14.4. The SMILES string of the molecule is CC1CCCN(CCCNC(=O)CCCN(c2ccc(F)c(F)c2)S(C)(=O)=O)C1. The molecule has 1 unspecified atom stereocenters. The number of sulfonamides is 1. The highest BCUT2D eigenvalue weighted by Crippen LogP contribution is 2.21. The predicted molar refractivity (Wildman–Crippen MR) is 110 cm³/mol. The van der Waals surface area contributed by atoms with Gasteiger partial charge in [0, 0.05) is 32.1 Å². The normalized spacial score (nSPS) is 17.9. The predicted octanol–water partition coefficient (Wildman–Crippen LogP) is 2.75. The van der Waals surface area contributed by atoms with E-state index in [1.54, 1.807) is 0 Å². The van der Waals surface area contributed by atoms with Crippen LogP contribution in [0.25, 0.3) is 0 Å². The molecule has 29 heavy (non-hydrogen) atoms. The van der Waals surface area contributed by atoms with Crippen molar-refractivity contribution in [3.05, 3.63) is 29.8 Å². The molecule has 0 radical (unpaired) electrons. The Labute approximate surface area is 172 Å². The van der Waals surface area contributed by atoms with E-state index < -0.39 is 21.7 Å². The number of benzene rings is 1. The summed E-state index contributed by atoms with van der Waals surface area (Å²) in [5, 5.41) is 2.86. The highest BCUT2D eigenvalue weighted by Gasteiger charge is 2.19. The first-order chi connectivity index (χ1) is 13.7. The van der Waals surface area contributed by atoms with Crippen molar-refractivity contribution in [3.63, 3.8) is 0 Å². The van der Waals surface area contributed by atoms with Gasteiger partial charge in [-0.1, -0.05) is 6.92 Å². The Balaban J connectivity index is 1.73. The van der Waals surface area contributed by atoms with E-state index in [2.05, 4.69) is 17.1 Å². The molecule has 9 heteroatoms. The number of carbonyl (C=O) groups excluding carboxylic acids is 1. The topological polar surface area (TPSA) is 69.7 Å². The molecule has 2 rings (SSSR count). The molecule has 1 aliphatic heterocycles. The summed E-state index contributed by atoms with van der Waals surface area (Å²) in [6.07, 6.45) is 4.82. The maximum Gasteiger partial charge on any atom is 0.232 e. The molecule has 0 bridgehead atoms. The van der Waals surface area contributed by atoms with Crippen LogP contribution in [0.3, 0.4) is 0 Å². The summed E-state index contributed by atoms with van der Waals surface area (Å²) in [5.74, 6) is -1.57. The zero-order chi connectivity index (χ0) is 21.4. The molecule has 1 N–H and O–H groups in total. The summed E-state index contributed by atoms with van der Waals surface area (Å²) in [5.41, 5.74) is 0.0440. The number of nitrogens with zero attached hydrogens (tertiary/aromatic N) is 2. The fourth-order valence-corrected chi connectivity index (χ4v) is 4.58. The van der Waals surface area contributed by atoms with Crippen molar-refractivity contribution in [1.29, 1.82) is 0 Å². The van der Waals surface area contributed by atoms with Crippen molar-refractivity contribution in [2.75, 3.05) is 43.3 Å². The molecule has 6 nitrogen and oxygen atoms in total. The van der Waals surface area contributed by atoms with E-state index in [4.69, 9.17) is 0 Å². The van der Waals surface area contributed by atoms with Gasteiger partial charge in [0.05, 0.1) is 11.9 Å². The zero-order valence-electron chi connectivity index (χ0n) is 17.2. The third-order valence-electron chi connectivity index (χ3n) is 5.07. The Kier molecular flexibility index (Phi) is 8.82. The molecule has 1 fully saturated rings. The molecule has 1 aromatic carbocycles. The van der Waals surface area contributed by atoms with Crippen LogP contribution in [0.15, 0.2) is 18.2 Å². The number of carbonyl (C=O) groups is 1. The van der Waals surface area contributed by atoms with E-state index in [0.29, 0.717) is 6.54 Å². The molecule has 164 valence electrons. The van der Waals surface area contributed by atoms with Crippen LogP contribution in [-0.4, -0.2) is 58.2 Å². The van der Waals surface area contributed by atoms with Gasteiger partial charge in [-0.3, -0.25) is 9.10 Å². The maximum absolute atomic E-state index is 13.4. The van der Waals surface area contributed by atoms with Gasteiger partial charge in [-0.25, -0.2) is 17.2 Å². The Morgan fingerprint density at radius 2 is 2.03 bits per heavy atom. The van der Waals surface area contributed by atoms with Crippen LogP contribution in [-0.2, 0) is 14.8 Å². The quantitative estimate of drug-likeness (QED) is 0.579. The lowest BCUT2D eigenvalue weighted by molar-refractivity contribution is -0.121. The van der Waals surface area contributed by atoms with Crippen LogP contribution in [0.2, 0.25) is 0 Å². The molecular formula is C20H31F2N3O3S. The number of halogens is 2. The smallest absolute Gasteiger partial charge is 0.232 e. The Morgan fingerprint density at radius 1 is 1.28 bits per heavy atom. The lowest BCUT2D eigenvalue weighted by Gasteiger charge is -2.30. The number of hydrogen-bond acceptors (Lipinski definition) is 4. The van der Waals surface area contributed by atoms with Crippen LogP contribution in [0.4, 0.5) is 14.5 Å². The minimum Gasteiger partial charge on any atom is -0.356 e. The molecule has 1 saturated heterocycles. The lowest BCUT2D eigenvalue weighted by atomic mass is 10.0. The highest BCUT2D eigenvalue weighted by molar-refractivity contribution is 7.92. The largest absolute Gasteiger partial charge is 0.356 e. The second kappa shape index (κ2) is 10.9. The number of likely N-dealkylation sites (tertiary alicyclic amines) is 1. The van der Waals surface area contributed by atoms with Gasteiger partial charge in [-0.15, -0.1) is 0 Å². The van der Waals surface area contributed by atoms with Gasteiger partial charge < -0.3 is 10.2 Å². The molecule has 1 aromatic rings. The second-order valence-corrected chi connectivity index (χ2v) is 9.70. The minimum absolute atomic E-state index is 0.0169. The van der Waals surface area contributed by atoms with E-state index >= 15 is 0 Å². The van der Waals surface area contributed by atoms with Gasteiger partial charge in [0.1, 0.15) is 0 Å². The van der Waals surface area contributed by atoms with Gasteiger partial charge in [0.2, 0.25) is 15.9 Å². The number of rotatable bonds is 10. The molecule has 1 atom stereocenters. The fraction of sp³-hybridized carbons (Fsp3) is 0.650. The van der Waals surface area contributed by atoms with Crippen LogP contribution in [0, 0.1) is 17.6 Å². The van der Waals surface area contributed by atoms with E-state index in [1.165, 1.54) is 18.9 Å². The number of anilines is 1. The van der Waals surface area contributed by atoms with Gasteiger partial charge in [-0.2, -0.15) is 0 Å². The van der Waals surface area contributed by atoms with Gasteiger partial charge >= 0.3 is 0 Å². The average molecular weight is 432 g/mol. The van der Waals surface area contributed by atoms with E-state index in [1.807, 2.05) is 0 Å². The standard InChI is InChI=1S/C20H31F2N3O3S/c1-16-6-3-11-24(15-16)12-5-10-23-20(26)7-4-13-25(29(2,27)28)17-8-9-18(21)19(22)14-17/h8-9,14,16H,3-7,10-13,15H2,1-2H3,(H,23,26). The van der Waals surface area contributed by atoms with E-state index in [0.717, 1.165) is 54.7 Å². The summed E-state index contributed by atoms with van der Waals surface area (Å²) in [7, 11) is -3.68. The highest BCUT2D eigenvalue weighted by atomic mass is 32.2. The molecule has 1 heterocycles. The average Bonchev–Trinajstić information content (AvgIpc) is 2.64. The zero-order valence-corrected chi connectivity index (χ0v) is 18.0. The fourth-order valence-electron chi connectivity index (χ4n) is 3.62. The second-order valence-electron chi connectivity index (χ2n) is 7.79. The van der Waals surface area contributed by atoms with Crippen molar-refractivity contribution in [3.8, 4) is 0 Å². The first-order valence-corrected chi connectivity index (χ1v) is 11.9. The Hall–Kier alpha value is -1.74. The van der Waals surface area contributed by atoms with Crippen molar-refractivity contribution < 1.29 is 22.0 Å². The van der Waals surface area contributed by atoms with Crippen LogP contribution < -0.4 is 9.62 Å². The Morgan fingerprint density at radius 3 is 2.69 bits per heavy atom. The van der Waals surface area contributed by atoms with Gasteiger partial charge in [0.25, 0.3) is 0 Å². The van der Waals surface area contributed by atoms with Crippen LogP contribution >= 0.6 is 0 Å². The number of piperidine rings is 1. The number of amides is 1. The van der Waals surface area contributed by atoms with E-state index in [9.17, 15) is 22.0 Å². The van der Waals surface area contributed by atoms with Gasteiger partial charge in [-0.05, 0) is 56.8 Å². The molecular weight excluding hydrogens is 400 g/mol. The van der Waals surface area contributed by atoms with Crippen molar-refractivity contribution in [2.45, 2.75) is 39.0 Å².